The second kappa shape index (κ2) is 3.74. The minimum Gasteiger partial charge on any atom is -0.508 e. The number of rotatable bonds is 1. The van der Waals surface area contributed by atoms with Gasteiger partial charge in [-0.05, 0) is 17.5 Å². The summed E-state index contributed by atoms with van der Waals surface area (Å²) in [5.41, 5.74) is 0.0739. The van der Waals surface area contributed by atoms with E-state index in [0.717, 1.165) is 5.39 Å². The molecule has 2 aromatic carbocycles. The van der Waals surface area contributed by atoms with Gasteiger partial charge in [-0.1, -0.05) is 29.8 Å². The molecule has 0 saturated heterocycles. The molecule has 0 aliphatic carbocycles. The van der Waals surface area contributed by atoms with Crippen LogP contribution in [-0.2, 0) is 0 Å². The highest BCUT2D eigenvalue weighted by atomic mass is 35.5. The molecule has 2 rings (SSSR count). The zero-order chi connectivity index (χ0) is 11.0. The summed E-state index contributed by atoms with van der Waals surface area (Å²) in [4.78, 5) is 0. The van der Waals surface area contributed by atoms with Gasteiger partial charge >= 0.3 is 7.12 Å². The molecule has 15 heavy (non-hydrogen) atoms. The minimum absolute atomic E-state index is 0.0739. The lowest BCUT2D eigenvalue weighted by Crippen LogP contribution is -2.29. The van der Waals surface area contributed by atoms with Crippen LogP contribution in [0.15, 0.2) is 30.3 Å². The fourth-order valence-electron chi connectivity index (χ4n) is 1.50. The Morgan fingerprint density at radius 3 is 2.53 bits per heavy atom. The second-order valence-corrected chi connectivity index (χ2v) is 3.65. The molecule has 0 spiro atoms. The van der Waals surface area contributed by atoms with Gasteiger partial charge in [0.25, 0.3) is 0 Å². The van der Waals surface area contributed by atoms with E-state index in [2.05, 4.69) is 0 Å². The van der Waals surface area contributed by atoms with Gasteiger partial charge in [0.1, 0.15) is 5.75 Å². The maximum atomic E-state index is 9.52. The zero-order valence-electron chi connectivity index (χ0n) is 7.68. The van der Waals surface area contributed by atoms with Crippen molar-refractivity contribution in [2.45, 2.75) is 0 Å². The van der Waals surface area contributed by atoms with Crippen molar-refractivity contribution in [3.63, 3.8) is 0 Å². The molecule has 0 unspecified atom stereocenters. The van der Waals surface area contributed by atoms with E-state index >= 15 is 0 Å². The van der Waals surface area contributed by atoms with Crippen LogP contribution in [0, 0.1) is 0 Å². The Morgan fingerprint density at radius 2 is 1.87 bits per heavy atom. The third-order valence-corrected chi connectivity index (χ3v) is 2.58. The van der Waals surface area contributed by atoms with Crippen molar-refractivity contribution < 1.29 is 15.2 Å². The average Bonchev–Trinajstić information content (AvgIpc) is 2.18. The molecule has 0 aliphatic heterocycles. The predicted octanol–water partition coefficient (Wildman–Crippen LogP) is 0.879. The van der Waals surface area contributed by atoms with Crippen molar-refractivity contribution in [3.8, 4) is 5.75 Å². The summed E-state index contributed by atoms with van der Waals surface area (Å²) < 4.78 is 0. The summed E-state index contributed by atoms with van der Waals surface area (Å²) in [6.45, 7) is 0. The maximum Gasteiger partial charge on any atom is 0.492 e. The van der Waals surface area contributed by atoms with E-state index in [4.69, 9.17) is 21.6 Å². The molecule has 0 saturated carbocycles. The largest absolute Gasteiger partial charge is 0.508 e. The van der Waals surface area contributed by atoms with Crippen molar-refractivity contribution in [2.75, 3.05) is 0 Å². The lowest BCUT2D eigenvalue weighted by Gasteiger charge is -2.06. The molecular formula is C10H8BClO3. The summed E-state index contributed by atoms with van der Waals surface area (Å²) in [7, 11) is -1.69. The molecule has 0 atom stereocenters. The Balaban J connectivity index is 2.76. The first-order chi connectivity index (χ1) is 7.09. The first-order valence-corrected chi connectivity index (χ1v) is 4.74. The Labute approximate surface area is 91.7 Å². The first-order valence-electron chi connectivity index (χ1n) is 4.37. The molecule has 5 heteroatoms. The van der Waals surface area contributed by atoms with Crippen LogP contribution in [0.5, 0.6) is 5.75 Å². The van der Waals surface area contributed by atoms with Crippen LogP contribution in [-0.4, -0.2) is 22.3 Å². The number of aromatic hydroxyl groups is 1. The third kappa shape index (κ3) is 1.79. The monoisotopic (exact) mass is 222 g/mol. The van der Waals surface area contributed by atoms with Gasteiger partial charge in [0.2, 0.25) is 0 Å². The molecule has 76 valence electrons. The Hall–Kier alpha value is -1.23. The van der Waals surface area contributed by atoms with Gasteiger partial charge in [0.15, 0.2) is 0 Å². The fraction of sp³-hybridized carbons (Fsp3) is 0. The van der Waals surface area contributed by atoms with Crippen LogP contribution < -0.4 is 5.46 Å². The number of halogens is 1. The van der Waals surface area contributed by atoms with Gasteiger partial charge in [-0.3, -0.25) is 0 Å². The third-order valence-electron chi connectivity index (χ3n) is 2.25. The molecule has 0 amide bonds. The predicted molar refractivity (Wildman–Crippen MR) is 60.4 cm³/mol. The number of benzene rings is 2. The number of phenolic OH excluding ortho intramolecular Hbond substituents is 1. The molecule has 0 fully saturated rings. The number of fused-ring (bicyclic) bond motifs is 1. The second-order valence-electron chi connectivity index (χ2n) is 3.25. The fourth-order valence-corrected chi connectivity index (χ4v) is 1.74. The van der Waals surface area contributed by atoms with Crippen LogP contribution in [0.4, 0.5) is 0 Å². The average molecular weight is 222 g/mol. The molecule has 0 aromatic heterocycles. The maximum absolute atomic E-state index is 9.52. The van der Waals surface area contributed by atoms with Crippen molar-refractivity contribution in [1.29, 1.82) is 0 Å². The highest BCUT2D eigenvalue weighted by Gasteiger charge is 2.17. The van der Waals surface area contributed by atoms with E-state index in [1.54, 1.807) is 18.2 Å². The molecule has 0 radical (unpaired) electrons. The zero-order valence-corrected chi connectivity index (χ0v) is 8.44. The standard InChI is InChI=1S/C10H8BClO3/c12-9-3-1-2-6-4-8(11(14)15)10(13)5-7(6)9/h1-5,13-15H. The quantitative estimate of drug-likeness (QED) is 0.628. The number of phenols is 1. The Morgan fingerprint density at radius 1 is 1.13 bits per heavy atom. The summed E-state index contributed by atoms with van der Waals surface area (Å²) in [5, 5.41) is 29.5. The van der Waals surface area contributed by atoms with E-state index in [9.17, 15) is 5.11 Å². The Bertz CT molecular complexity index is 513. The van der Waals surface area contributed by atoms with Crippen LogP contribution in [0.2, 0.25) is 5.02 Å². The SMILES string of the molecule is OB(O)c1cc2cccc(Cl)c2cc1O. The summed E-state index contributed by atoms with van der Waals surface area (Å²) >= 11 is 5.92. The van der Waals surface area contributed by atoms with E-state index < -0.39 is 7.12 Å². The first kappa shape index (κ1) is 10.3. The topological polar surface area (TPSA) is 60.7 Å². The van der Waals surface area contributed by atoms with E-state index in [-0.39, 0.29) is 11.2 Å². The van der Waals surface area contributed by atoms with Gasteiger partial charge in [-0.15, -0.1) is 0 Å². The van der Waals surface area contributed by atoms with Gasteiger partial charge in [0.05, 0.1) is 0 Å². The Kier molecular flexibility index (Phi) is 2.56. The smallest absolute Gasteiger partial charge is 0.492 e. The van der Waals surface area contributed by atoms with Crippen LogP contribution in [0.1, 0.15) is 0 Å². The molecule has 0 heterocycles. The molecule has 0 aliphatic rings. The van der Waals surface area contributed by atoms with Gasteiger partial charge in [-0.2, -0.15) is 0 Å². The lowest BCUT2D eigenvalue weighted by molar-refractivity contribution is 0.420. The summed E-state index contributed by atoms with van der Waals surface area (Å²) in [6.07, 6.45) is 0. The molecule has 2 aromatic rings. The van der Waals surface area contributed by atoms with Crippen LogP contribution in [0.3, 0.4) is 0 Å². The molecule has 0 bridgehead atoms. The van der Waals surface area contributed by atoms with Crippen molar-refractivity contribution in [2.24, 2.45) is 0 Å². The van der Waals surface area contributed by atoms with Crippen molar-refractivity contribution >= 4 is 35.0 Å². The van der Waals surface area contributed by atoms with Gasteiger partial charge < -0.3 is 15.2 Å². The van der Waals surface area contributed by atoms with Crippen LogP contribution in [0.25, 0.3) is 10.8 Å². The molecule has 3 nitrogen and oxygen atoms in total. The minimum atomic E-state index is -1.69. The number of hydrogen-bond donors (Lipinski definition) is 3. The van der Waals surface area contributed by atoms with Crippen LogP contribution >= 0.6 is 11.6 Å². The van der Waals surface area contributed by atoms with E-state index in [0.29, 0.717) is 10.4 Å². The molecular weight excluding hydrogens is 214 g/mol. The van der Waals surface area contributed by atoms with Gasteiger partial charge in [-0.25, -0.2) is 0 Å². The van der Waals surface area contributed by atoms with Gasteiger partial charge in [0, 0.05) is 15.9 Å². The highest BCUT2D eigenvalue weighted by Crippen LogP contribution is 2.25. The number of hydrogen-bond acceptors (Lipinski definition) is 3. The summed E-state index contributed by atoms with van der Waals surface area (Å²) in [5.74, 6) is -0.175. The van der Waals surface area contributed by atoms with Crippen molar-refractivity contribution in [3.05, 3.63) is 35.4 Å². The van der Waals surface area contributed by atoms with E-state index in [1.165, 1.54) is 12.1 Å². The highest BCUT2D eigenvalue weighted by molar-refractivity contribution is 6.60. The normalized spacial score (nSPS) is 10.6. The van der Waals surface area contributed by atoms with Crippen molar-refractivity contribution in [1.82, 2.24) is 0 Å². The summed E-state index contributed by atoms with van der Waals surface area (Å²) in [6, 6.07) is 8.17. The molecule has 3 N–H and O–H groups in total. The van der Waals surface area contributed by atoms with E-state index in [1.807, 2.05) is 0 Å². The lowest BCUT2D eigenvalue weighted by atomic mass is 9.78.